The van der Waals surface area contributed by atoms with Gasteiger partial charge in [0.25, 0.3) is 11.8 Å². The Morgan fingerprint density at radius 2 is 1.67 bits per heavy atom. The van der Waals surface area contributed by atoms with Gasteiger partial charge in [0.1, 0.15) is 5.75 Å². The average molecular weight is 482 g/mol. The molecule has 1 aliphatic heterocycles. The molecule has 0 spiro atoms. The van der Waals surface area contributed by atoms with E-state index in [2.05, 4.69) is 4.98 Å². The van der Waals surface area contributed by atoms with Crippen LogP contribution < -0.4 is 9.64 Å². The number of nitrogens with one attached hydrogen (secondary N) is 1. The third-order valence-electron chi connectivity index (χ3n) is 6.04. The second kappa shape index (κ2) is 9.14. The number of carbonyl (C=O) groups excluding carboxylic acids is 4. The first-order valence-electron chi connectivity index (χ1n) is 11.5. The number of hydrogen-bond donors (Lipinski definition) is 1. The van der Waals surface area contributed by atoms with E-state index in [1.807, 2.05) is 31.2 Å². The largest absolute Gasteiger partial charge is 0.494 e. The number of ether oxygens (including phenoxy) is 2. The van der Waals surface area contributed by atoms with Crippen molar-refractivity contribution in [3.8, 4) is 5.75 Å². The van der Waals surface area contributed by atoms with Gasteiger partial charge in [-0.25, -0.2) is 9.69 Å². The van der Waals surface area contributed by atoms with E-state index < -0.39 is 23.9 Å². The molecule has 180 valence electrons. The molecule has 0 radical (unpaired) electrons. The van der Waals surface area contributed by atoms with Gasteiger partial charge in [-0.2, -0.15) is 0 Å². The lowest BCUT2D eigenvalue weighted by Crippen LogP contribution is -2.29. The number of rotatable bonds is 7. The van der Waals surface area contributed by atoms with Crippen molar-refractivity contribution in [2.75, 3.05) is 11.5 Å². The third-order valence-corrected chi connectivity index (χ3v) is 6.04. The van der Waals surface area contributed by atoms with Crippen molar-refractivity contribution in [1.82, 2.24) is 4.98 Å². The van der Waals surface area contributed by atoms with E-state index in [-0.39, 0.29) is 22.5 Å². The topological polar surface area (TPSA) is 106 Å². The summed E-state index contributed by atoms with van der Waals surface area (Å²) in [6, 6.07) is 18.1. The van der Waals surface area contributed by atoms with Crippen molar-refractivity contribution in [3.05, 3.63) is 95.2 Å². The molecule has 0 bridgehead atoms. The zero-order chi connectivity index (χ0) is 25.4. The SMILES string of the molecule is CCOc1ccc(N2C(=O)c3ccc(C(=O)OC(C)C(=O)c4c[nH]c5ccccc45)cc3C2=O)cc1. The number of para-hydroxylation sites is 1. The number of hydrogen-bond acceptors (Lipinski definition) is 6. The van der Waals surface area contributed by atoms with Crippen LogP contribution in [0.1, 0.15) is 55.3 Å². The van der Waals surface area contributed by atoms with Gasteiger partial charge in [-0.05, 0) is 62.4 Å². The van der Waals surface area contributed by atoms with Gasteiger partial charge < -0.3 is 14.5 Å². The van der Waals surface area contributed by atoms with Gasteiger partial charge >= 0.3 is 5.97 Å². The quantitative estimate of drug-likeness (QED) is 0.231. The van der Waals surface area contributed by atoms with E-state index in [9.17, 15) is 19.2 Å². The number of imide groups is 1. The zero-order valence-electron chi connectivity index (χ0n) is 19.6. The molecule has 1 N–H and O–H groups in total. The maximum Gasteiger partial charge on any atom is 0.338 e. The molecule has 0 saturated carbocycles. The van der Waals surface area contributed by atoms with Crippen LogP contribution in [0.5, 0.6) is 5.75 Å². The fourth-order valence-corrected chi connectivity index (χ4v) is 4.24. The number of H-pyrrole nitrogens is 1. The Morgan fingerprint density at radius 1 is 0.944 bits per heavy atom. The number of aromatic nitrogens is 1. The lowest BCUT2D eigenvalue weighted by Gasteiger charge is -2.14. The molecule has 36 heavy (non-hydrogen) atoms. The summed E-state index contributed by atoms with van der Waals surface area (Å²) in [6.07, 6.45) is 0.537. The van der Waals surface area contributed by atoms with Crippen LogP contribution in [0.4, 0.5) is 5.69 Å². The summed E-state index contributed by atoms with van der Waals surface area (Å²) < 4.78 is 10.8. The highest BCUT2D eigenvalue weighted by molar-refractivity contribution is 6.34. The van der Waals surface area contributed by atoms with Crippen LogP contribution in [0.25, 0.3) is 10.9 Å². The Balaban J connectivity index is 1.34. The number of nitrogens with zero attached hydrogens (tertiary/aromatic N) is 1. The zero-order valence-corrected chi connectivity index (χ0v) is 19.6. The standard InChI is InChI=1S/C28H22N2O6/c1-3-35-19-11-9-18(10-12-19)30-26(32)21-13-8-17(14-22(21)27(30)33)28(34)36-16(2)25(31)23-15-29-24-7-5-4-6-20(23)24/h4-16,29H,3H2,1-2H3. The lowest BCUT2D eigenvalue weighted by molar-refractivity contribution is 0.0319. The molecule has 0 aliphatic carbocycles. The number of Topliss-reactive ketones (excluding diaryl/α,β-unsaturated/α-hetero) is 1. The summed E-state index contributed by atoms with van der Waals surface area (Å²) in [6.45, 7) is 3.86. The van der Waals surface area contributed by atoms with Crippen LogP contribution >= 0.6 is 0 Å². The highest BCUT2D eigenvalue weighted by Gasteiger charge is 2.37. The first-order chi connectivity index (χ1) is 17.4. The van der Waals surface area contributed by atoms with Crippen LogP contribution in [0, 0.1) is 0 Å². The molecule has 1 aromatic heterocycles. The van der Waals surface area contributed by atoms with Crippen molar-refractivity contribution < 1.29 is 28.7 Å². The first-order valence-corrected chi connectivity index (χ1v) is 11.5. The molecule has 1 atom stereocenters. The molecule has 1 unspecified atom stereocenters. The lowest BCUT2D eigenvalue weighted by atomic mass is 10.0. The highest BCUT2D eigenvalue weighted by atomic mass is 16.5. The van der Waals surface area contributed by atoms with Gasteiger partial charge in [-0.15, -0.1) is 0 Å². The Bertz CT molecular complexity index is 1520. The van der Waals surface area contributed by atoms with Crippen molar-refractivity contribution >= 4 is 40.2 Å². The fourth-order valence-electron chi connectivity index (χ4n) is 4.24. The Hall–Kier alpha value is -4.72. The van der Waals surface area contributed by atoms with E-state index in [0.29, 0.717) is 23.6 Å². The van der Waals surface area contributed by atoms with Gasteiger partial charge in [0.2, 0.25) is 5.78 Å². The summed E-state index contributed by atoms with van der Waals surface area (Å²) in [5.41, 5.74) is 1.98. The third kappa shape index (κ3) is 3.92. The number of aromatic amines is 1. The summed E-state index contributed by atoms with van der Waals surface area (Å²) in [5.74, 6) is -1.52. The normalized spacial score (nSPS) is 13.6. The molecule has 0 fully saturated rings. The minimum atomic E-state index is -1.05. The average Bonchev–Trinajstić information content (AvgIpc) is 3.43. The predicted molar refractivity (Wildman–Crippen MR) is 133 cm³/mol. The van der Waals surface area contributed by atoms with Gasteiger partial charge in [0, 0.05) is 22.7 Å². The number of esters is 1. The van der Waals surface area contributed by atoms with Gasteiger partial charge in [-0.3, -0.25) is 14.4 Å². The van der Waals surface area contributed by atoms with Crippen molar-refractivity contribution in [1.29, 1.82) is 0 Å². The van der Waals surface area contributed by atoms with Crippen molar-refractivity contribution in [2.45, 2.75) is 20.0 Å². The fraction of sp³-hybridized carbons (Fsp3) is 0.143. The second-order valence-corrected chi connectivity index (χ2v) is 8.29. The predicted octanol–water partition coefficient (Wildman–Crippen LogP) is 4.80. The van der Waals surface area contributed by atoms with E-state index in [4.69, 9.17) is 9.47 Å². The monoisotopic (exact) mass is 482 g/mol. The maximum absolute atomic E-state index is 13.1. The molecule has 0 saturated heterocycles. The van der Waals surface area contributed by atoms with Crippen LogP contribution in [0.15, 0.2) is 72.9 Å². The van der Waals surface area contributed by atoms with Crippen LogP contribution in [0.3, 0.4) is 0 Å². The second-order valence-electron chi connectivity index (χ2n) is 8.29. The number of benzene rings is 3. The molecule has 2 amide bonds. The molecule has 3 aromatic carbocycles. The number of anilines is 1. The Morgan fingerprint density at radius 3 is 2.42 bits per heavy atom. The van der Waals surface area contributed by atoms with Crippen LogP contribution in [-0.2, 0) is 4.74 Å². The minimum absolute atomic E-state index is 0.0713. The Labute approximate surface area is 206 Å². The number of ketones is 1. The molecular formula is C28H22N2O6. The van der Waals surface area contributed by atoms with Crippen LogP contribution in [-0.4, -0.2) is 41.3 Å². The van der Waals surface area contributed by atoms with Gasteiger partial charge in [0.15, 0.2) is 6.10 Å². The van der Waals surface area contributed by atoms with E-state index in [1.165, 1.54) is 25.1 Å². The molecule has 8 nitrogen and oxygen atoms in total. The summed E-state index contributed by atoms with van der Waals surface area (Å²) >= 11 is 0. The first kappa shape index (κ1) is 23.0. The summed E-state index contributed by atoms with van der Waals surface area (Å²) in [5, 5.41) is 0.737. The smallest absolute Gasteiger partial charge is 0.338 e. The van der Waals surface area contributed by atoms with Gasteiger partial charge in [0.05, 0.1) is 29.0 Å². The number of carbonyl (C=O) groups is 4. The van der Waals surface area contributed by atoms with Crippen LogP contribution in [0.2, 0.25) is 0 Å². The van der Waals surface area contributed by atoms with Gasteiger partial charge in [-0.1, -0.05) is 18.2 Å². The molecule has 5 rings (SSSR count). The summed E-state index contributed by atoms with van der Waals surface area (Å²) in [4.78, 5) is 55.8. The van der Waals surface area contributed by atoms with Crippen molar-refractivity contribution in [2.24, 2.45) is 0 Å². The molecule has 1 aliphatic rings. The van der Waals surface area contributed by atoms with E-state index in [1.54, 1.807) is 30.5 Å². The minimum Gasteiger partial charge on any atom is -0.494 e. The van der Waals surface area contributed by atoms with Crippen molar-refractivity contribution in [3.63, 3.8) is 0 Å². The highest BCUT2D eigenvalue weighted by Crippen LogP contribution is 2.30. The van der Waals surface area contributed by atoms with E-state index in [0.717, 1.165) is 15.8 Å². The molecule has 2 heterocycles. The Kier molecular flexibility index (Phi) is 5.85. The van der Waals surface area contributed by atoms with E-state index >= 15 is 0 Å². The molecular weight excluding hydrogens is 460 g/mol. The molecule has 8 heteroatoms. The molecule has 4 aromatic rings. The maximum atomic E-state index is 13.1. The number of fused-ring (bicyclic) bond motifs is 2. The summed E-state index contributed by atoms with van der Waals surface area (Å²) in [7, 11) is 0. The number of amides is 2.